The third-order valence-corrected chi connectivity index (χ3v) is 5.01. The summed E-state index contributed by atoms with van der Waals surface area (Å²) in [6.07, 6.45) is 0.181. The van der Waals surface area contributed by atoms with Crippen molar-refractivity contribution in [2.24, 2.45) is 0 Å². The number of carboxylic acids is 1. The Labute approximate surface area is 129 Å². The largest absolute Gasteiger partial charge is 0.480 e. The first-order valence-corrected chi connectivity index (χ1v) is 8.60. The van der Waals surface area contributed by atoms with E-state index in [4.69, 9.17) is 9.84 Å². The number of hydrogen-bond acceptors (Lipinski definition) is 5. The Hall–Kier alpha value is -1.64. The molecule has 1 heterocycles. The zero-order valence-corrected chi connectivity index (χ0v) is 13.2. The fourth-order valence-electron chi connectivity index (χ4n) is 2.22. The molecule has 0 aliphatic carbocycles. The molecule has 122 valence electrons. The number of ether oxygens (including phenoxy) is 1. The molecule has 0 saturated carbocycles. The summed E-state index contributed by atoms with van der Waals surface area (Å²) in [5, 5.41) is 8.95. The number of rotatable bonds is 6. The molecule has 1 aliphatic heterocycles. The maximum atomic E-state index is 12.2. The average Bonchev–Trinajstić information content (AvgIpc) is 2.53. The SMILES string of the molecule is CCC(NS(=O)(=O)c1ccc(N2CCOCC2)cc1)C(=O)O. The van der Waals surface area contributed by atoms with E-state index in [1.54, 1.807) is 19.1 Å². The minimum Gasteiger partial charge on any atom is -0.480 e. The van der Waals surface area contributed by atoms with E-state index in [0.717, 1.165) is 18.8 Å². The van der Waals surface area contributed by atoms with Gasteiger partial charge in [-0.05, 0) is 30.7 Å². The number of aliphatic carboxylic acids is 1. The molecule has 2 N–H and O–H groups in total. The van der Waals surface area contributed by atoms with E-state index in [0.29, 0.717) is 13.2 Å². The first-order chi connectivity index (χ1) is 10.4. The lowest BCUT2D eigenvalue weighted by Gasteiger charge is -2.28. The second-order valence-corrected chi connectivity index (χ2v) is 6.73. The second-order valence-electron chi connectivity index (χ2n) is 5.01. The van der Waals surface area contributed by atoms with Crippen molar-refractivity contribution in [3.8, 4) is 0 Å². The molecule has 1 aromatic rings. The predicted octanol–water partition coefficient (Wildman–Crippen LogP) is 0.665. The van der Waals surface area contributed by atoms with Crippen LogP contribution in [0.1, 0.15) is 13.3 Å². The number of nitrogens with zero attached hydrogens (tertiary/aromatic N) is 1. The molecule has 0 aromatic heterocycles. The summed E-state index contributed by atoms with van der Waals surface area (Å²) in [6, 6.07) is 5.30. The summed E-state index contributed by atoms with van der Waals surface area (Å²) in [5.74, 6) is -1.18. The molecular formula is C14H20N2O5S. The van der Waals surface area contributed by atoms with Crippen LogP contribution in [0.4, 0.5) is 5.69 Å². The quantitative estimate of drug-likeness (QED) is 0.797. The van der Waals surface area contributed by atoms with Crippen LogP contribution in [0.5, 0.6) is 0 Å². The molecule has 1 aromatic carbocycles. The third-order valence-electron chi connectivity index (χ3n) is 3.53. The Morgan fingerprint density at radius 3 is 2.41 bits per heavy atom. The highest BCUT2D eigenvalue weighted by molar-refractivity contribution is 7.89. The fourth-order valence-corrected chi connectivity index (χ4v) is 3.49. The van der Waals surface area contributed by atoms with Gasteiger partial charge in [-0.2, -0.15) is 4.72 Å². The van der Waals surface area contributed by atoms with Gasteiger partial charge in [0.2, 0.25) is 10.0 Å². The maximum absolute atomic E-state index is 12.2. The van der Waals surface area contributed by atoms with Gasteiger partial charge in [-0.3, -0.25) is 4.79 Å². The Morgan fingerprint density at radius 1 is 1.32 bits per heavy atom. The summed E-state index contributed by atoms with van der Waals surface area (Å²) in [6.45, 7) is 4.45. The first-order valence-electron chi connectivity index (χ1n) is 7.12. The third kappa shape index (κ3) is 3.96. The number of anilines is 1. The van der Waals surface area contributed by atoms with Crippen molar-refractivity contribution >= 4 is 21.7 Å². The fraction of sp³-hybridized carbons (Fsp3) is 0.500. The summed E-state index contributed by atoms with van der Waals surface area (Å²) in [5.41, 5.74) is 0.924. The number of sulfonamides is 1. The average molecular weight is 328 g/mol. The number of hydrogen-bond donors (Lipinski definition) is 2. The Morgan fingerprint density at radius 2 is 1.91 bits per heavy atom. The van der Waals surface area contributed by atoms with Crippen molar-refractivity contribution in [2.75, 3.05) is 31.2 Å². The Kier molecular flexibility index (Phi) is 5.38. The van der Waals surface area contributed by atoms with Crippen LogP contribution in [0.2, 0.25) is 0 Å². The summed E-state index contributed by atoms with van der Waals surface area (Å²) in [7, 11) is -3.84. The molecule has 1 fully saturated rings. The van der Waals surface area contributed by atoms with E-state index in [9.17, 15) is 13.2 Å². The van der Waals surface area contributed by atoms with E-state index < -0.39 is 22.0 Å². The van der Waals surface area contributed by atoms with Crippen LogP contribution in [-0.2, 0) is 19.6 Å². The van der Waals surface area contributed by atoms with Crippen LogP contribution in [0.25, 0.3) is 0 Å². The molecular weight excluding hydrogens is 308 g/mol. The molecule has 8 heteroatoms. The van der Waals surface area contributed by atoms with Crippen LogP contribution in [0.15, 0.2) is 29.2 Å². The van der Waals surface area contributed by atoms with Crippen molar-refractivity contribution in [1.29, 1.82) is 0 Å². The van der Waals surface area contributed by atoms with E-state index in [2.05, 4.69) is 9.62 Å². The summed E-state index contributed by atoms with van der Waals surface area (Å²) >= 11 is 0. The van der Waals surface area contributed by atoms with Crippen LogP contribution >= 0.6 is 0 Å². The molecule has 22 heavy (non-hydrogen) atoms. The topological polar surface area (TPSA) is 95.9 Å². The monoisotopic (exact) mass is 328 g/mol. The van der Waals surface area contributed by atoms with Gasteiger partial charge in [0.1, 0.15) is 6.04 Å². The van der Waals surface area contributed by atoms with Crippen LogP contribution in [0.3, 0.4) is 0 Å². The molecule has 1 unspecified atom stereocenters. The highest BCUT2D eigenvalue weighted by Gasteiger charge is 2.24. The molecule has 0 bridgehead atoms. The van der Waals surface area contributed by atoms with Crippen LogP contribution in [0, 0.1) is 0 Å². The minimum absolute atomic E-state index is 0.0595. The summed E-state index contributed by atoms with van der Waals surface area (Å²) < 4.78 is 31.8. The van der Waals surface area contributed by atoms with E-state index in [-0.39, 0.29) is 11.3 Å². The smallest absolute Gasteiger partial charge is 0.321 e. The molecule has 0 spiro atoms. The van der Waals surface area contributed by atoms with Gasteiger partial charge in [0.15, 0.2) is 0 Å². The Balaban J connectivity index is 2.13. The van der Waals surface area contributed by atoms with Gasteiger partial charge in [-0.15, -0.1) is 0 Å². The summed E-state index contributed by atoms with van der Waals surface area (Å²) in [4.78, 5) is 13.1. The van der Waals surface area contributed by atoms with Gasteiger partial charge in [0.25, 0.3) is 0 Å². The van der Waals surface area contributed by atoms with Gasteiger partial charge in [-0.1, -0.05) is 6.92 Å². The molecule has 0 radical (unpaired) electrons. The minimum atomic E-state index is -3.84. The normalized spacial score (nSPS) is 17.2. The lowest BCUT2D eigenvalue weighted by atomic mass is 10.2. The molecule has 1 aliphatic rings. The van der Waals surface area contributed by atoms with E-state index in [1.165, 1.54) is 12.1 Å². The highest BCUT2D eigenvalue weighted by Crippen LogP contribution is 2.19. The zero-order valence-electron chi connectivity index (χ0n) is 12.4. The van der Waals surface area contributed by atoms with Crippen molar-refractivity contribution < 1.29 is 23.1 Å². The standard InChI is InChI=1S/C14H20N2O5S/c1-2-13(14(17)18)15-22(19,20)12-5-3-11(4-6-12)16-7-9-21-10-8-16/h3-6,13,15H,2,7-10H2,1H3,(H,17,18). The zero-order chi connectivity index (χ0) is 16.2. The number of carbonyl (C=O) groups is 1. The van der Waals surface area contributed by atoms with E-state index in [1.807, 2.05) is 0 Å². The number of morpholine rings is 1. The highest BCUT2D eigenvalue weighted by atomic mass is 32.2. The van der Waals surface area contributed by atoms with Crippen molar-refractivity contribution in [3.05, 3.63) is 24.3 Å². The van der Waals surface area contributed by atoms with Crippen molar-refractivity contribution in [2.45, 2.75) is 24.3 Å². The van der Waals surface area contributed by atoms with Gasteiger partial charge >= 0.3 is 5.97 Å². The van der Waals surface area contributed by atoms with Crippen LogP contribution in [-0.4, -0.2) is 51.8 Å². The van der Waals surface area contributed by atoms with Gasteiger partial charge in [0.05, 0.1) is 18.1 Å². The number of nitrogens with one attached hydrogen (secondary N) is 1. The molecule has 2 rings (SSSR count). The van der Waals surface area contributed by atoms with Crippen molar-refractivity contribution in [3.63, 3.8) is 0 Å². The molecule has 7 nitrogen and oxygen atoms in total. The lowest BCUT2D eigenvalue weighted by molar-refractivity contribution is -0.139. The van der Waals surface area contributed by atoms with Crippen molar-refractivity contribution in [1.82, 2.24) is 4.72 Å². The lowest BCUT2D eigenvalue weighted by Crippen LogP contribution is -2.40. The van der Waals surface area contributed by atoms with Gasteiger partial charge in [-0.25, -0.2) is 8.42 Å². The number of benzene rings is 1. The van der Waals surface area contributed by atoms with Gasteiger partial charge in [0, 0.05) is 18.8 Å². The first kappa shape index (κ1) is 16.7. The second kappa shape index (κ2) is 7.08. The number of carboxylic acid groups (broad SMARTS) is 1. The predicted molar refractivity (Wildman–Crippen MR) is 81.5 cm³/mol. The van der Waals surface area contributed by atoms with Gasteiger partial charge < -0.3 is 14.7 Å². The Bertz CT molecular complexity index is 609. The molecule has 0 amide bonds. The molecule has 1 saturated heterocycles. The van der Waals surface area contributed by atoms with E-state index >= 15 is 0 Å². The van der Waals surface area contributed by atoms with Crippen LogP contribution < -0.4 is 9.62 Å². The molecule has 1 atom stereocenters. The maximum Gasteiger partial charge on any atom is 0.321 e.